The lowest BCUT2D eigenvalue weighted by molar-refractivity contribution is 0.0519. The topological polar surface area (TPSA) is 73.2 Å². The van der Waals surface area contributed by atoms with Crippen molar-refractivity contribution in [1.29, 1.82) is 0 Å². The molecule has 1 N–H and O–H groups in total. The van der Waals surface area contributed by atoms with E-state index in [-0.39, 0.29) is 18.2 Å². The number of rotatable bonds is 7. The predicted molar refractivity (Wildman–Crippen MR) is 117 cm³/mol. The van der Waals surface area contributed by atoms with Crippen LogP contribution in [0.2, 0.25) is 0 Å². The Labute approximate surface area is 176 Å². The Kier molecular flexibility index (Phi) is 6.67. The van der Waals surface area contributed by atoms with E-state index in [0.29, 0.717) is 12.1 Å². The van der Waals surface area contributed by atoms with Gasteiger partial charge in [0.15, 0.2) is 5.69 Å². The number of carbonyl (C=O) groups excluding carboxylic acids is 2. The van der Waals surface area contributed by atoms with Gasteiger partial charge < -0.3 is 10.1 Å². The van der Waals surface area contributed by atoms with Crippen LogP contribution in [0.4, 0.5) is 0 Å². The smallest absolute Gasteiger partial charge is 0.358 e. The second kappa shape index (κ2) is 9.39. The van der Waals surface area contributed by atoms with Crippen LogP contribution in [0, 0.1) is 13.8 Å². The number of hydrogen-bond donors (Lipinski definition) is 1. The van der Waals surface area contributed by atoms with Crippen molar-refractivity contribution in [1.82, 2.24) is 15.1 Å². The lowest BCUT2D eigenvalue weighted by Gasteiger charge is -2.10. The summed E-state index contributed by atoms with van der Waals surface area (Å²) >= 11 is 0. The molecule has 6 heteroatoms. The molecular weight excluding hydrogens is 378 g/mol. The zero-order valence-electron chi connectivity index (χ0n) is 17.9. The second-order valence-corrected chi connectivity index (χ2v) is 7.15. The van der Waals surface area contributed by atoms with E-state index in [1.54, 1.807) is 29.8 Å². The molecule has 3 aromatic rings. The van der Waals surface area contributed by atoms with Crippen molar-refractivity contribution in [3.63, 3.8) is 0 Å². The number of aryl methyl sites for hydroxylation is 2. The van der Waals surface area contributed by atoms with Gasteiger partial charge >= 0.3 is 5.97 Å². The van der Waals surface area contributed by atoms with Crippen LogP contribution in [-0.2, 0) is 4.74 Å². The summed E-state index contributed by atoms with van der Waals surface area (Å²) < 4.78 is 6.84. The first-order valence-corrected chi connectivity index (χ1v) is 10.2. The van der Waals surface area contributed by atoms with Gasteiger partial charge in [-0.2, -0.15) is 5.10 Å². The maximum absolute atomic E-state index is 12.3. The molecule has 0 radical (unpaired) electrons. The summed E-state index contributed by atoms with van der Waals surface area (Å²) in [6.07, 6.45) is 0.882. The van der Waals surface area contributed by atoms with Crippen LogP contribution in [0.5, 0.6) is 0 Å². The molecule has 2 aromatic carbocycles. The van der Waals surface area contributed by atoms with Gasteiger partial charge in [0.1, 0.15) is 0 Å². The lowest BCUT2D eigenvalue weighted by Crippen LogP contribution is -2.23. The van der Waals surface area contributed by atoms with Crippen molar-refractivity contribution >= 4 is 11.9 Å². The number of amides is 1. The Morgan fingerprint density at radius 2 is 1.73 bits per heavy atom. The molecule has 0 saturated carbocycles. The number of nitrogens with one attached hydrogen (secondary N) is 1. The normalized spacial score (nSPS) is 10.7. The Morgan fingerprint density at radius 1 is 1.00 bits per heavy atom. The van der Waals surface area contributed by atoms with Crippen molar-refractivity contribution in [3.8, 4) is 16.9 Å². The van der Waals surface area contributed by atoms with Crippen LogP contribution in [0.15, 0.2) is 48.5 Å². The van der Waals surface area contributed by atoms with Crippen LogP contribution >= 0.6 is 0 Å². The summed E-state index contributed by atoms with van der Waals surface area (Å²) in [5, 5.41) is 7.36. The highest BCUT2D eigenvalue weighted by atomic mass is 16.5. The maximum Gasteiger partial charge on any atom is 0.358 e. The van der Waals surface area contributed by atoms with E-state index >= 15 is 0 Å². The zero-order chi connectivity index (χ0) is 21.7. The minimum atomic E-state index is -0.461. The molecule has 0 aliphatic heterocycles. The molecule has 0 spiro atoms. The molecule has 0 atom stereocenters. The van der Waals surface area contributed by atoms with E-state index in [9.17, 15) is 9.59 Å². The summed E-state index contributed by atoms with van der Waals surface area (Å²) in [4.78, 5) is 24.5. The predicted octanol–water partition coefficient (Wildman–Crippen LogP) is 4.47. The summed E-state index contributed by atoms with van der Waals surface area (Å²) in [7, 11) is 0. The summed E-state index contributed by atoms with van der Waals surface area (Å²) in [6.45, 7) is 8.81. The van der Waals surface area contributed by atoms with Crippen molar-refractivity contribution in [2.24, 2.45) is 0 Å². The highest BCUT2D eigenvalue weighted by Gasteiger charge is 2.18. The molecule has 0 aliphatic rings. The molecule has 0 fully saturated rings. The molecular formula is C24H27N3O3. The molecule has 1 heterocycles. The van der Waals surface area contributed by atoms with Crippen LogP contribution in [0.3, 0.4) is 0 Å². The van der Waals surface area contributed by atoms with E-state index < -0.39 is 5.97 Å². The van der Waals surface area contributed by atoms with Gasteiger partial charge in [-0.15, -0.1) is 0 Å². The van der Waals surface area contributed by atoms with Gasteiger partial charge in [-0.1, -0.05) is 19.1 Å². The average Bonchev–Trinajstić information content (AvgIpc) is 3.20. The summed E-state index contributed by atoms with van der Waals surface area (Å²) in [5.74, 6) is -0.567. The van der Waals surface area contributed by atoms with Crippen LogP contribution in [0.1, 0.15) is 52.2 Å². The summed E-state index contributed by atoms with van der Waals surface area (Å²) in [5.41, 5.74) is 5.66. The molecule has 6 nitrogen and oxygen atoms in total. The Hall–Kier alpha value is -3.41. The molecule has 30 heavy (non-hydrogen) atoms. The fraction of sp³-hybridized carbons (Fsp3) is 0.292. The Bertz CT molecular complexity index is 1050. The number of aromatic nitrogens is 2. The standard InChI is InChI=1S/C24H27N3O3/c1-5-13-25-23(28)18-9-11-20(12-10-18)27-22(15-21(26-27)24(29)30-6-2)19-8-7-16(3)17(4)14-19/h7-12,14-15H,5-6,13H2,1-4H3,(H,25,28). The first kappa shape index (κ1) is 21.3. The third kappa shape index (κ3) is 4.59. The van der Waals surface area contributed by atoms with Gasteiger partial charge in [-0.3, -0.25) is 4.79 Å². The second-order valence-electron chi connectivity index (χ2n) is 7.15. The van der Waals surface area contributed by atoms with Crippen molar-refractivity contribution < 1.29 is 14.3 Å². The monoisotopic (exact) mass is 405 g/mol. The third-order valence-electron chi connectivity index (χ3n) is 4.91. The maximum atomic E-state index is 12.3. The quantitative estimate of drug-likeness (QED) is 0.589. The highest BCUT2D eigenvalue weighted by Crippen LogP contribution is 2.26. The molecule has 1 aromatic heterocycles. The van der Waals surface area contributed by atoms with Crippen molar-refractivity contribution in [2.45, 2.75) is 34.1 Å². The fourth-order valence-electron chi connectivity index (χ4n) is 3.08. The van der Waals surface area contributed by atoms with Crippen LogP contribution in [0.25, 0.3) is 16.9 Å². The number of ether oxygens (including phenoxy) is 1. The minimum Gasteiger partial charge on any atom is -0.461 e. The fourth-order valence-corrected chi connectivity index (χ4v) is 3.08. The molecule has 0 aliphatic carbocycles. The van der Waals surface area contributed by atoms with Crippen LogP contribution in [-0.4, -0.2) is 34.8 Å². The van der Waals surface area contributed by atoms with Crippen LogP contribution < -0.4 is 5.32 Å². The molecule has 0 saturated heterocycles. The lowest BCUT2D eigenvalue weighted by atomic mass is 10.0. The van der Waals surface area contributed by atoms with Crippen molar-refractivity contribution in [3.05, 3.63) is 70.9 Å². The van der Waals surface area contributed by atoms with Crippen molar-refractivity contribution in [2.75, 3.05) is 13.2 Å². The van der Waals surface area contributed by atoms with Gasteiger partial charge in [-0.25, -0.2) is 9.48 Å². The first-order chi connectivity index (χ1) is 14.4. The Balaban J connectivity index is 2.03. The zero-order valence-corrected chi connectivity index (χ0v) is 17.9. The molecule has 156 valence electrons. The van der Waals surface area contributed by atoms with E-state index in [1.807, 2.05) is 31.2 Å². The van der Waals surface area contributed by atoms with E-state index in [2.05, 4.69) is 30.3 Å². The SMILES string of the molecule is CCCNC(=O)c1ccc(-n2nc(C(=O)OCC)cc2-c2ccc(C)c(C)c2)cc1. The minimum absolute atomic E-state index is 0.106. The molecule has 1 amide bonds. The number of hydrogen-bond acceptors (Lipinski definition) is 4. The van der Waals surface area contributed by atoms with Gasteiger partial charge in [0.05, 0.1) is 18.0 Å². The van der Waals surface area contributed by atoms with E-state index in [1.165, 1.54) is 5.56 Å². The first-order valence-electron chi connectivity index (χ1n) is 10.2. The summed E-state index contributed by atoms with van der Waals surface area (Å²) in [6, 6.07) is 15.0. The van der Waals surface area contributed by atoms with E-state index in [0.717, 1.165) is 28.9 Å². The molecule has 0 bridgehead atoms. The average molecular weight is 405 g/mol. The third-order valence-corrected chi connectivity index (χ3v) is 4.91. The van der Waals surface area contributed by atoms with Gasteiger partial charge in [-0.05, 0) is 74.7 Å². The van der Waals surface area contributed by atoms with Gasteiger partial charge in [0, 0.05) is 17.7 Å². The van der Waals surface area contributed by atoms with Gasteiger partial charge in [0.25, 0.3) is 5.91 Å². The Morgan fingerprint density at radius 3 is 2.37 bits per heavy atom. The number of nitrogens with zero attached hydrogens (tertiary/aromatic N) is 2. The largest absolute Gasteiger partial charge is 0.461 e. The number of benzene rings is 2. The van der Waals surface area contributed by atoms with Gasteiger partial charge in [0.2, 0.25) is 0 Å². The highest BCUT2D eigenvalue weighted by molar-refractivity contribution is 5.94. The van der Waals surface area contributed by atoms with E-state index in [4.69, 9.17) is 4.74 Å². The number of esters is 1. The molecule has 3 rings (SSSR count). The molecule has 0 unspecified atom stereocenters. The number of carbonyl (C=O) groups is 2.